The number of carbonyl (C=O) groups excluding carboxylic acids is 2. The number of hydrogen-bond acceptors (Lipinski definition) is 4. The van der Waals surface area contributed by atoms with E-state index in [1.54, 1.807) is 6.92 Å². The summed E-state index contributed by atoms with van der Waals surface area (Å²) in [7, 11) is 0. The minimum absolute atomic E-state index is 0.00854. The van der Waals surface area contributed by atoms with E-state index >= 15 is 0 Å². The first kappa shape index (κ1) is 18.1. The molecule has 0 saturated carbocycles. The molecule has 3 N–H and O–H groups in total. The summed E-state index contributed by atoms with van der Waals surface area (Å²) in [5, 5.41) is 9.68. The largest absolute Gasteiger partial charge is 0.352 e. The third-order valence-electron chi connectivity index (χ3n) is 4.49. The number of urea groups is 1. The Morgan fingerprint density at radius 1 is 1.31 bits per heavy atom. The van der Waals surface area contributed by atoms with Gasteiger partial charge in [0.25, 0.3) is 0 Å². The first-order chi connectivity index (χ1) is 12.5. The number of pyridine rings is 1. The van der Waals surface area contributed by atoms with E-state index in [2.05, 4.69) is 25.8 Å². The van der Waals surface area contributed by atoms with Crippen LogP contribution in [0.4, 0.5) is 10.5 Å². The van der Waals surface area contributed by atoms with Gasteiger partial charge in [0.2, 0.25) is 5.91 Å². The van der Waals surface area contributed by atoms with Crippen molar-refractivity contribution < 1.29 is 9.59 Å². The number of amides is 3. The van der Waals surface area contributed by atoms with Gasteiger partial charge in [-0.2, -0.15) is 0 Å². The van der Waals surface area contributed by atoms with Crippen LogP contribution in [0.2, 0.25) is 0 Å². The zero-order valence-corrected chi connectivity index (χ0v) is 15.2. The molecule has 1 aliphatic heterocycles. The number of benzene rings is 1. The quantitative estimate of drug-likeness (QED) is 0.764. The molecule has 1 unspecified atom stereocenters. The van der Waals surface area contributed by atoms with Gasteiger partial charge in [0.1, 0.15) is 0 Å². The van der Waals surface area contributed by atoms with E-state index in [4.69, 9.17) is 0 Å². The number of aromatic nitrogens is 1. The van der Waals surface area contributed by atoms with Gasteiger partial charge in [0.15, 0.2) is 0 Å². The highest BCUT2D eigenvalue weighted by Gasteiger charge is 2.22. The third-order valence-corrected chi connectivity index (χ3v) is 4.49. The molecule has 7 heteroatoms. The highest BCUT2D eigenvalue weighted by atomic mass is 16.2. The number of nitrogens with one attached hydrogen (secondary N) is 3. The summed E-state index contributed by atoms with van der Waals surface area (Å²) in [6, 6.07) is 9.62. The SMILES string of the molecule is CC(=O)NC1CCN(CCNC(=O)Nc2cc(C)nc3ccccc23)C1. The van der Waals surface area contributed by atoms with Gasteiger partial charge in [-0.05, 0) is 25.5 Å². The lowest BCUT2D eigenvalue weighted by Gasteiger charge is -2.17. The minimum atomic E-state index is -0.224. The second-order valence-electron chi connectivity index (χ2n) is 6.70. The molecule has 3 amide bonds. The molecule has 0 radical (unpaired) electrons. The highest BCUT2D eigenvalue weighted by molar-refractivity contribution is 6.00. The molecule has 2 heterocycles. The Labute approximate surface area is 153 Å². The molecule has 0 aliphatic carbocycles. The molecular formula is C19H25N5O2. The van der Waals surface area contributed by atoms with E-state index < -0.39 is 0 Å². The maximum atomic E-state index is 12.2. The summed E-state index contributed by atoms with van der Waals surface area (Å²) in [4.78, 5) is 30.1. The molecule has 1 aliphatic rings. The average molecular weight is 355 g/mol. The van der Waals surface area contributed by atoms with Crippen molar-refractivity contribution in [1.29, 1.82) is 0 Å². The summed E-state index contributed by atoms with van der Waals surface area (Å²) in [6.07, 6.45) is 0.952. The van der Waals surface area contributed by atoms with Crippen molar-refractivity contribution in [3.05, 3.63) is 36.0 Å². The van der Waals surface area contributed by atoms with Gasteiger partial charge in [0, 0.05) is 50.2 Å². The molecule has 1 fully saturated rings. The Kier molecular flexibility index (Phi) is 5.68. The molecule has 0 spiro atoms. The van der Waals surface area contributed by atoms with Gasteiger partial charge in [0.05, 0.1) is 11.2 Å². The van der Waals surface area contributed by atoms with Crippen LogP contribution >= 0.6 is 0 Å². The van der Waals surface area contributed by atoms with Crippen LogP contribution in [0.1, 0.15) is 19.0 Å². The van der Waals surface area contributed by atoms with Gasteiger partial charge in [-0.1, -0.05) is 18.2 Å². The number of likely N-dealkylation sites (tertiary alicyclic amines) is 1. The lowest BCUT2D eigenvalue weighted by Crippen LogP contribution is -2.39. The number of hydrogen-bond donors (Lipinski definition) is 3. The van der Waals surface area contributed by atoms with Crippen molar-refractivity contribution in [2.45, 2.75) is 26.3 Å². The fraction of sp³-hybridized carbons (Fsp3) is 0.421. The number of anilines is 1. The first-order valence-corrected chi connectivity index (χ1v) is 8.92. The van der Waals surface area contributed by atoms with Crippen LogP contribution in [0.3, 0.4) is 0 Å². The van der Waals surface area contributed by atoms with E-state index in [0.29, 0.717) is 6.54 Å². The molecule has 7 nitrogen and oxygen atoms in total. The summed E-state index contributed by atoms with van der Waals surface area (Å²) >= 11 is 0. The van der Waals surface area contributed by atoms with Crippen molar-refractivity contribution in [1.82, 2.24) is 20.5 Å². The maximum Gasteiger partial charge on any atom is 0.319 e. The monoisotopic (exact) mass is 355 g/mol. The van der Waals surface area contributed by atoms with Crippen molar-refractivity contribution >= 4 is 28.5 Å². The number of fused-ring (bicyclic) bond motifs is 1. The normalized spacial score (nSPS) is 17.2. The van der Waals surface area contributed by atoms with E-state index in [9.17, 15) is 9.59 Å². The standard InChI is InChI=1S/C19H25N5O2/c1-13-11-18(16-5-3-4-6-17(16)21-13)23-19(26)20-8-10-24-9-7-15(12-24)22-14(2)25/h3-6,11,15H,7-10,12H2,1-2H3,(H,22,25)(H2,20,21,23,26). The lowest BCUT2D eigenvalue weighted by atomic mass is 10.1. The number of rotatable bonds is 5. The second-order valence-corrected chi connectivity index (χ2v) is 6.70. The maximum absolute atomic E-state index is 12.2. The van der Waals surface area contributed by atoms with Gasteiger partial charge in [-0.15, -0.1) is 0 Å². The van der Waals surface area contributed by atoms with Crippen LogP contribution in [0.25, 0.3) is 10.9 Å². The Balaban J connectivity index is 1.49. The molecule has 1 saturated heterocycles. The summed E-state index contributed by atoms with van der Waals surface area (Å²) in [5.74, 6) is 0.00854. The smallest absolute Gasteiger partial charge is 0.319 e. The molecule has 0 bridgehead atoms. The Morgan fingerprint density at radius 2 is 2.12 bits per heavy atom. The predicted molar refractivity (Wildman–Crippen MR) is 102 cm³/mol. The fourth-order valence-corrected chi connectivity index (χ4v) is 3.35. The number of aryl methyl sites for hydroxylation is 1. The summed E-state index contributed by atoms with van der Waals surface area (Å²) in [6.45, 7) is 6.53. The van der Waals surface area contributed by atoms with Crippen LogP contribution in [-0.2, 0) is 4.79 Å². The lowest BCUT2D eigenvalue weighted by molar-refractivity contribution is -0.119. The van der Waals surface area contributed by atoms with E-state index in [0.717, 1.165) is 48.3 Å². The van der Waals surface area contributed by atoms with Crippen LogP contribution in [0.15, 0.2) is 30.3 Å². The van der Waals surface area contributed by atoms with Gasteiger partial charge in [-0.25, -0.2) is 4.79 Å². The molecule has 138 valence electrons. The van der Waals surface area contributed by atoms with E-state index in [1.165, 1.54) is 0 Å². The highest BCUT2D eigenvalue weighted by Crippen LogP contribution is 2.22. The number of carbonyl (C=O) groups is 2. The molecule has 1 aromatic heterocycles. The fourth-order valence-electron chi connectivity index (χ4n) is 3.35. The Morgan fingerprint density at radius 3 is 2.92 bits per heavy atom. The molecule has 2 aromatic rings. The Bertz CT molecular complexity index is 808. The molecule has 1 atom stereocenters. The number of para-hydroxylation sites is 1. The third kappa shape index (κ3) is 4.70. The summed E-state index contributed by atoms with van der Waals surface area (Å²) in [5.41, 5.74) is 2.49. The molecular weight excluding hydrogens is 330 g/mol. The molecule has 1 aromatic carbocycles. The number of nitrogens with zero attached hydrogens (tertiary/aromatic N) is 2. The van der Waals surface area contributed by atoms with Crippen LogP contribution in [-0.4, -0.2) is 54.0 Å². The van der Waals surface area contributed by atoms with E-state index in [-0.39, 0.29) is 18.0 Å². The van der Waals surface area contributed by atoms with Crippen molar-refractivity contribution in [3.63, 3.8) is 0 Å². The average Bonchev–Trinajstić information content (AvgIpc) is 3.01. The molecule has 26 heavy (non-hydrogen) atoms. The second kappa shape index (κ2) is 8.14. The predicted octanol–water partition coefficient (Wildman–Crippen LogP) is 1.88. The van der Waals surface area contributed by atoms with Crippen molar-refractivity contribution in [2.75, 3.05) is 31.5 Å². The first-order valence-electron chi connectivity index (χ1n) is 8.92. The summed E-state index contributed by atoms with van der Waals surface area (Å²) < 4.78 is 0. The zero-order valence-electron chi connectivity index (χ0n) is 15.2. The topological polar surface area (TPSA) is 86.4 Å². The minimum Gasteiger partial charge on any atom is -0.352 e. The van der Waals surface area contributed by atoms with Crippen molar-refractivity contribution in [3.8, 4) is 0 Å². The molecule has 3 rings (SSSR count). The van der Waals surface area contributed by atoms with Crippen LogP contribution in [0.5, 0.6) is 0 Å². The van der Waals surface area contributed by atoms with Gasteiger partial charge in [-0.3, -0.25) is 14.7 Å². The van der Waals surface area contributed by atoms with E-state index in [1.807, 2.05) is 37.3 Å². The van der Waals surface area contributed by atoms with Crippen molar-refractivity contribution in [2.24, 2.45) is 0 Å². The van der Waals surface area contributed by atoms with Crippen LogP contribution in [0, 0.1) is 6.92 Å². The van der Waals surface area contributed by atoms with Gasteiger partial charge >= 0.3 is 6.03 Å². The Hall–Kier alpha value is -2.67. The van der Waals surface area contributed by atoms with Gasteiger partial charge < -0.3 is 16.0 Å². The van der Waals surface area contributed by atoms with Crippen LogP contribution < -0.4 is 16.0 Å². The zero-order chi connectivity index (χ0) is 18.5.